The van der Waals surface area contributed by atoms with Crippen LogP contribution in [0.1, 0.15) is 44.6 Å². The Bertz CT molecular complexity index is 1190. The summed E-state index contributed by atoms with van der Waals surface area (Å²) < 4.78 is 6.35. The number of hydrogen-bond donors (Lipinski definition) is 1. The molecule has 1 atom stereocenters. The van der Waals surface area contributed by atoms with Crippen molar-refractivity contribution < 1.29 is 19.1 Å². The van der Waals surface area contributed by atoms with Crippen molar-refractivity contribution in [3.05, 3.63) is 89.0 Å². The zero-order valence-corrected chi connectivity index (χ0v) is 18.9. The number of hydrogen-bond acceptors (Lipinski definition) is 5. The number of rotatable bonds is 6. The maximum atomic E-state index is 13.6. The maximum Gasteiger partial charge on any atom is 0.359 e. The Morgan fingerprint density at radius 2 is 1.79 bits per heavy atom. The van der Waals surface area contributed by atoms with Gasteiger partial charge in [0.25, 0.3) is 5.91 Å². The summed E-state index contributed by atoms with van der Waals surface area (Å²) in [4.78, 5) is 44.9. The van der Waals surface area contributed by atoms with Gasteiger partial charge >= 0.3 is 5.97 Å². The molecule has 0 spiro atoms. The molecular weight excluding hydrogens is 420 g/mol. The highest BCUT2D eigenvalue weighted by Crippen LogP contribution is 2.31. The van der Waals surface area contributed by atoms with Gasteiger partial charge in [0.2, 0.25) is 5.91 Å². The molecule has 2 aromatic carbocycles. The van der Waals surface area contributed by atoms with Gasteiger partial charge in [0, 0.05) is 13.1 Å². The summed E-state index contributed by atoms with van der Waals surface area (Å²) in [6.45, 7) is 4.44. The second-order valence-electron chi connectivity index (χ2n) is 8.38. The summed E-state index contributed by atoms with van der Waals surface area (Å²) in [6, 6.07) is 17.3. The van der Waals surface area contributed by atoms with Crippen LogP contribution in [0.5, 0.6) is 0 Å². The van der Waals surface area contributed by atoms with Crippen LogP contribution in [-0.4, -0.2) is 44.9 Å². The molecule has 8 heteroatoms. The van der Waals surface area contributed by atoms with E-state index < -0.39 is 17.4 Å². The Kier molecular flexibility index (Phi) is 6.00. The third-order valence-corrected chi connectivity index (χ3v) is 5.98. The molecule has 2 heterocycles. The molecule has 0 saturated heterocycles. The lowest BCUT2D eigenvalue weighted by Crippen LogP contribution is -2.63. The van der Waals surface area contributed by atoms with E-state index in [4.69, 9.17) is 4.74 Å². The molecule has 0 saturated carbocycles. The van der Waals surface area contributed by atoms with E-state index in [0.29, 0.717) is 6.54 Å². The third kappa shape index (κ3) is 4.24. The van der Waals surface area contributed by atoms with Crippen LogP contribution in [0, 0.1) is 6.92 Å². The van der Waals surface area contributed by atoms with E-state index in [2.05, 4.69) is 10.3 Å². The van der Waals surface area contributed by atoms with Crippen LogP contribution in [0.3, 0.4) is 0 Å². The van der Waals surface area contributed by atoms with E-state index in [-0.39, 0.29) is 30.4 Å². The number of nitrogens with zero attached hydrogens (tertiary/aromatic N) is 3. The smallest absolute Gasteiger partial charge is 0.359 e. The minimum atomic E-state index is -1.20. The first-order valence-corrected chi connectivity index (χ1v) is 10.7. The number of methoxy groups -OCH3 is 1. The Morgan fingerprint density at radius 1 is 1.09 bits per heavy atom. The van der Waals surface area contributed by atoms with Crippen LogP contribution in [0.25, 0.3) is 0 Å². The van der Waals surface area contributed by atoms with E-state index in [1.807, 2.05) is 61.5 Å². The zero-order chi connectivity index (χ0) is 23.6. The molecule has 0 radical (unpaired) electrons. The average Bonchev–Trinajstić information content (AvgIpc) is 3.25. The first kappa shape index (κ1) is 22.3. The van der Waals surface area contributed by atoms with Crippen LogP contribution in [0.4, 0.5) is 0 Å². The SMILES string of the molecule is COC(=O)c1ncn2c1C(=O)N(Cc1ccccc1)C(C)(C(=O)NCc1ccc(C)cc1)C2. The zero-order valence-electron chi connectivity index (χ0n) is 18.9. The summed E-state index contributed by atoms with van der Waals surface area (Å²) in [5.41, 5.74) is 1.85. The van der Waals surface area contributed by atoms with E-state index in [0.717, 1.165) is 16.7 Å². The van der Waals surface area contributed by atoms with E-state index >= 15 is 0 Å². The molecule has 2 amide bonds. The summed E-state index contributed by atoms with van der Waals surface area (Å²) in [6.07, 6.45) is 1.41. The fourth-order valence-electron chi connectivity index (χ4n) is 4.03. The minimum absolute atomic E-state index is 0.0531. The van der Waals surface area contributed by atoms with Gasteiger partial charge in [-0.3, -0.25) is 9.59 Å². The average molecular weight is 447 g/mol. The van der Waals surface area contributed by atoms with Crippen LogP contribution >= 0.6 is 0 Å². The normalized spacial score (nSPS) is 17.4. The van der Waals surface area contributed by atoms with Crippen molar-refractivity contribution in [2.75, 3.05) is 7.11 Å². The molecule has 0 aliphatic carbocycles. The second kappa shape index (κ2) is 8.90. The lowest BCUT2D eigenvalue weighted by atomic mass is 9.93. The number of benzene rings is 2. The minimum Gasteiger partial charge on any atom is -0.464 e. The Hall–Kier alpha value is -3.94. The van der Waals surface area contributed by atoms with Crippen LogP contribution in [0.2, 0.25) is 0 Å². The van der Waals surface area contributed by atoms with Gasteiger partial charge in [-0.25, -0.2) is 9.78 Å². The van der Waals surface area contributed by atoms with Crippen molar-refractivity contribution in [3.63, 3.8) is 0 Å². The van der Waals surface area contributed by atoms with Gasteiger partial charge in [-0.05, 0) is 25.0 Å². The largest absolute Gasteiger partial charge is 0.464 e. The number of fused-ring (bicyclic) bond motifs is 1. The quantitative estimate of drug-likeness (QED) is 0.588. The number of aryl methyl sites for hydroxylation is 1. The van der Waals surface area contributed by atoms with Gasteiger partial charge in [0.1, 0.15) is 11.2 Å². The van der Waals surface area contributed by atoms with Gasteiger partial charge in [-0.2, -0.15) is 0 Å². The van der Waals surface area contributed by atoms with Gasteiger partial charge in [0.15, 0.2) is 5.69 Å². The van der Waals surface area contributed by atoms with Crippen LogP contribution in [0.15, 0.2) is 60.9 Å². The molecule has 1 aromatic heterocycles. The fourth-order valence-corrected chi connectivity index (χ4v) is 4.03. The number of esters is 1. The number of amides is 2. The lowest BCUT2D eigenvalue weighted by Gasteiger charge is -2.43. The van der Waals surface area contributed by atoms with Gasteiger partial charge in [-0.15, -0.1) is 0 Å². The van der Waals surface area contributed by atoms with Crippen LogP contribution in [-0.2, 0) is 29.2 Å². The molecule has 170 valence electrons. The maximum absolute atomic E-state index is 13.6. The molecule has 33 heavy (non-hydrogen) atoms. The number of carbonyl (C=O) groups excluding carboxylic acids is 3. The standard InChI is InChI=1S/C25H26N4O4/c1-17-9-11-18(12-10-17)13-26-24(32)25(2)15-28-16-27-20(23(31)33-3)21(28)22(30)29(25)14-19-7-5-4-6-8-19/h4-12,16H,13-15H2,1-3H3,(H,26,32). The third-order valence-electron chi connectivity index (χ3n) is 5.98. The van der Waals surface area contributed by atoms with Crippen molar-refractivity contribution in [1.29, 1.82) is 0 Å². The topological polar surface area (TPSA) is 93.5 Å². The Labute approximate surface area is 192 Å². The monoisotopic (exact) mass is 446 g/mol. The molecule has 1 aliphatic heterocycles. The van der Waals surface area contributed by atoms with E-state index in [9.17, 15) is 14.4 Å². The van der Waals surface area contributed by atoms with Crippen molar-refractivity contribution in [3.8, 4) is 0 Å². The van der Waals surface area contributed by atoms with Crippen molar-refractivity contribution in [2.24, 2.45) is 0 Å². The Balaban J connectivity index is 1.67. The van der Waals surface area contributed by atoms with Crippen LogP contribution < -0.4 is 5.32 Å². The number of imidazole rings is 1. The summed E-state index contributed by atoms with van der Waals surface area (Å²) in [7, 11) is 1.24. The van der Waals surface area contributed by atoms with E-state index in [1.54, 1.807) is 11.5 Å². The molecule has 4 rings (SSSR count). The molecule has 1 N–H and O–H groups in total. The summed E-state index contributed by atoms with van der Waals surface area (Å²) in [5.74, 6) is -1.42. The number of ether oxygens (including phenoxy) is 1. The van der Waals surface area contributed by atoms with Crippen molar-refractivity contribution in [1.82, 2.24) is 19.8 Å². The predicted molar refractivity (Wildman–Crippen MR) is 121 cm³/mol. The molecule has 1 aliphatic rings. The molecule has 8 nitrogen and oxygen atoms in total. The highest BCUT2D eigenvalue weighted by atomic mass is 16.5. The first-order valence-electron chi connectivity index (χ1n) is 10.7. The lowest BCUT2D eigenvalue weighted by molar-refractivity contribution is -0.133. The summed E-state index contributed by atoms with van der Waals surface area (Å²) >= 11 is 0. The molecule has 3 aromatic rings. The predicted octanol–water partition coefficient (Wildman–Crippen LogP) is 2.71. The molecule has 0 fully saturated rings. The van der Waals surface area contributed by atoms with Crippen molar-refractivity contribution in [2.45, 2.75) is 39.0 Å². The van der Waals surface area contributed by atoms with Gasteiger partial charge in [0.05, 0.1) is 20.0 Å². The van der Waals surface area contributed by atoms with Crippen molar-refractivity contribution >= 4 is 17.8 Å². The Morgan fingerprint density at radius 3 is 2.45 bits per heavy atom. The first-order chi connectivity index (χ1) is 15.8. The van der Waals surface area contributed by atoms with Gasteiger partial charge < -0.3 is 19.5 Å². The fraction of sp³-hybridized carbons (Fsp3) is 0.280. The second-order valence-corrected chi connectivity index (χ2v) is 8.38. The number of carbonyl (C=O) groups is 3. The molecule has 0 bridgehead atoms. The molecular formula is C25H26N4O4. The number of aromatic nitrogens is 2. The van der Waals surface area contributed by atoms with Gasteiger partial charge in [-0.1, -0.05) is 60.2 Å². The number of nitrogens with one attached hydrogen (secondary N) is 1. The highest BCUT2D eigenvalue weighted by Gasteiger charge is 2.48. The highest BCUT2D eigenvalue weighted by molar-refractivity contribution is 6.06. The summed E-state index contributed by atoms with van der Waals surface area (Å²) in [5, 5.41) is 2.98. The molecule has 1 unspecified atom stereocenters. The van der Waals surface area contributed by atoms with E-state index in [1.165, 1.54) is 18.3 Å².